The third kappa shape index (κ3) is 3.29. The highest BCUT2D eigenvalue weighted by Crippen LogP contribution is 2.24. The van der Waals surface area contributed by atoms with Crippen molar-refractivity contribution in [2.45, 2.75) is 19.4 Å². The molecule has 1 aromatic heterocycles. The van der Waals surface area contributed by atoms with E-state index in [9.17, 15) is 4.39 Å². The number of pyridine rings is 1. The van der Waals surface area contributed by atoms with Crippen molar-refractivity contribution in [3.05, 3.63) is 64.2 Å². The van der Waals surface area contributed by atoms with Gasteiger partial charge in [-0.05, 0) is 48.7 Å². The Bertz CT molecular complexity index is 574. The van der Waals surface area contributed by atoms with Crippen molar-refractivity contribution < 1.29 is 4.39 Å². The Balaban J connectivity index is 2.29. The number of nitrogens with one attached hydrogen (secondary N) is 1. The first-order chi connectivity index (χ1) is 9.11. The predicted octanol–water partition coefficient (Wildman–Crippen LogP) is 2.93. The molecular formula is C14H15ClFN3. The van der Waals surface area contributed by atoms with Gasteiger partial charge in [-0.3, -0.25) is 16.3 Å². The summed E-state index contributed by atoms with van der Waals surface area (Å²) in [6, 6.07) is 7.92. The van der Waals surface area contributed by atoms with Crippen LogP contribution in [0.5, 0.6) is 0 Å². The quantitative estimate of drug-likeness (QED) is 0.668. The topological polar surface area (TPSA) is 50.9 Å². The van der Waals surface area contributed by atoms with E-state index in [0.29, 0.717) is 17.0 Å². The molecule has 1 atom stereocenters. The fourth-order valence-corrected chi connectivity index (χ4v) is 2.21. The van der Waals surface area contributed by atoms with Crippen LogP contribution in [0.15, 0.2) is 36.5 Å². The first-order valence-electron chi connectivity index (χ1n) is 5.93. The summed E-state index contributed by atoms with van der Waals surface area (Å²) >= 11 is 6.07. The zero-order valence-corrected chi connectivity index (χ0v) is 11.3. The summed E-state index contributed by atoms with van der Waals surface area (Å²) in [5, 5.41) is 0.523. The average Bonchev–Trinajstić information content (AvgIpc) is 2.41. The second-order valence-electron chi connectivity index (χ2n) is 4.36. The Morgan fingerprint density at radius 1 is 1.42 bits per heavy atom. The summed E-state index contributed by atoms with van der Waals surface area (Å²) in [5.41, 5.74) is 5.28. The van der Waals surface area contributed by atoms with Crippen molar-refractivity contribution in [1.29, 1.82) is 0 Å². The zero-order chi connectivity index (χ0) is 13.8. The third-order valence-electron chi connectivity index (χ3n) is 3.01. The molecule has 1 heterocycles. The van der Waals surface area contributed by atoms with Gasteiger partial charge in [0.1, 0.15) is 5.82 Å². The van der Waals surface area contributed by atoms with Crippen LogP contribution in [0.25, 0.3) is 0 Å². The van der Waals surface area contributed by atoms with Crippen molar-refractivity contribution in [3.63, 3.8) is 0 Å². The first kappa shape index (κ1) is 13.9. The summed E-state index contributed by atoms with van der Waals surface area (Å²) in [5.74, 6) is 5.27. The fraction of sp³-hybridized carbons (Fsp3) is 0.214. The second-order valence-corrected chi connectivity index (χ2v) is 4.77. The van der Waals surface area contributed by atoms with Gasteiger partial charge in [0, 0.05) is 11.2 Å². The van der Waals surface area contributed by atoms with Gasteiger partial charge in [-0.2, -0.15) is 0 Å². The van der Waals surface area contributed by atoms with Gasteiger partial charge in [-0.25, -0.2) is 4.39 Å². The molecule has 19 heavy (non-hydrogen) atoms. The SMILES string of the molecule is Cc1cccnc1C(Cc1cc(F)ccc1Cl)NN. The maximum atomic E-state index is 13.3. The first-order valence-corrected chi connectivity index (χ1v) is 6.31. The van der Waals surface area contributed by atoms with E-state index in [0.717, 1.165) is 11.3 Å². The van der Waals surface area contributed by atoms with E-state index in [1.54, 1.807) is 12.3 Å². The molecule has 0 amide bonds. The summed E-state index contributed by atoms with van der Waals surface area (Å²) in [7, 11) is 0. The lowest BCUT2D eigenvalue weighted by Gasteiger charge is -2.18. The molecule has 3 nitrogen and oxygen atoms in total. The van der Waals surface area contributed by atoms with Crippen LogP contribution in [0.3, 0.4) is 0 Å². The number of benzene rings is 1. The number of rotatable bonds is 4. The molecule has 2 rings (SSSR count). The van der Waals surface area contributed by atoms with E-state index < -0.39 is 0 Å². The molecule has 5 heteroatoms. The van der Waals surface area contributed by atoms with Crippen molar-refractivity contribution in [2.24, 2.45) is 5.84 Å². The van der Waals surface area contributed by atoms with Crippen LogP contribution < -0.4 is 11.3 Å². The molecule has 0 aliphatic rings. The number of halogens is 2. The van der Waals surface area contributed by atoms with Crippen LogP contribution >= 0.6 is 11.6 Å². The Labute approximate surface area is 116 Å². The Kier molecular flexibility index (Phi) is 4.47. The molecular weight excluding hydrogens is 265 g/mol. The second kappa shape index (κ2) is 6.10. The van der Waals surface area contributed by atoms with E-state index in [2.05, 4.69) is 10.4 Å². The van der Waals surface area contributed by atoms with Gasteiger partial charge >= 0.3 is 0 Å². The van der Waals surface area contributed by atoms with E-state index in [-0.39, 0.29) is 11.9 Å². The minimum Gasteiger partial charge on any atom is -0.271 e. The highest BCUT2D eigenvalue weighted by atomic mass is 35.5. The minimum atomic E-state index is -0.312. The van der Waals surface area contributed by atoms with Crippen LogP contribution in [0.4, 0.5) is 4.39 Å². The van der Waals surface area contributed by atoms with Crippen LogP contribution in [-0.2, 0) is 6.42 Å². The standard InChI is InChI=1S/C14H15ClFN3/c1-9-3-2-6-18-14(9)13(19-17)8-10-7-11(16)4-5-12(10)15/h2-7,13,19H,8,17H2,1H3. The van der Waals surface area contributed by atoms with Crippen molar-refractivity contribution in [2.75, 3.05) is 0 Å². The van der Waals surface area contributed by atoms with Crippen molar-refractivity contribution in [3.8, 4) is 0 Å². The lowest BCUT2D eigenvalue weighted by molar-refractivity contribution is 0.533. The molecule has 100 valence electrons. The predicted molar refractivity (Wildman–Crippen MR) is 74.2 cm³/mol. The van der Waals surface area contributed by atoms with E-state index in [1.807, 2.05) is 19.1 Å². The molecule has 0 aliphatic carbocycles. The monoisotopic (exact) mass is 279 g/mol. The summed E-state index contributed by atoms with van der Waals surface area (Å²) in [4.78, 5) is 4.32. The number of aromatic nitrogens is 1. The largest absolute Gasteiger partial charge is 0.271 e. The number of nitrogens with two attached hydrogens (primary N) is 1. The maximum absolute atomic E-state index is 13.3. The number of hydrogen-bond donors (Lipinski definition) is 2. The molecule has 0 spiro atoms. The minimum absolute atomic E-state index is 0.208. The number of nitrogens with zero attached hydrogens (tertiary/aromatic N) is 1. The number of aryl methyl sites for hydroxylation is 1. The molecule has 0 radical (unpaired) electrons. The smallest absolute Gasteiger partial charge is 0.123 e. The molecule has 0 bridgehead atoms. The molecule has 0 aliphatic heterocycles. The summed E-state index contributed by atoms with van der Waals surface area (Å²) in [6.45, 7) is 1.96. The van der Waals surface area contributed by atoms with Crippen LogP contribution in [0.1, 0.15) is 22.9 Å². The van der Waals surface area contributed by atoms with Crippen molar-refractivity contribution in [1.82, 2.24) is 10.4 Å². The molecule has 0 fully saturated rings. The Morgan fingerprint density at radius 2 is 2.21 bits per heavy atom. The van der Waals surface area contributed by atoms with Gasteiger partial charge in [0.25, 0.3) is 0 Å². The summed E-state index contributed by atoms with van der Waals surface area (Å²) < 4.78 is 13.3. The Morgan fingerprint density at radius 3 is 2.89 bits per heavy atom. The van der Waals surface area contributed by atoms with E-state index in [4.69, 9.17) is 17.4 Å². The average molecular weight is 280 g/mol. The molecule has 0 saturated heterocycles. The van der Waals surface area contributed by atoms with Gasteiger partial charge < -0.3 is 0 Å². The summed E-state index contributed by atoms with van der Waals surface area (Å²) in [6.07, 6.45) is 2.19. The highest BCUT2D eigenvalue weighted by Gasteiger charge is 2.16. The Hall–Kier alpha value is -1.49. The van der Waals surface area contributed by atoms with E-state index >= 15 is 0 Å². The van der Waals surface area contributed by atoms with Gasteiger partial charge in [0.15, 0.2) is 0 Å². The third-order valence-corrected chi connectivity index (χ3v) is 3.38. The van der Waals surface area contributed by atoms with Crippen LogP contribution in [-0.4, -0.2) is 4.98 Å². The number of hydrogen-bond acceptors (Lipinski definition) is 3. The lowest BCUT2D eigenvalue weighted by atomic mass is 10.0. The number of hydrazine groups is 1. The maximum Gasteiger partial charge on any atom is 0.123 e. The zero-order valence-electron chi connectivity index (χ0n) is 10.5. The van der Waals surface area contributed by atoms with Gasteiger partial charge in [0.2, 0.25) is 0 Å². The van der Waals surface area contributed by atoms with E-state index in [1.165, 1.54) is 12.1 Å². The molecule has 2 aromatic rings. The molecule has 3 N–H and O–H groups in total. The highest BCUT2D eigenvalue weighted by molar-refractivity contribution is 6.31. The lowest BCUT2D eigenvalue weighted by Crippen LogP contribution is -2.31. The van der Waals surface area contributed by atoms with Crippen LogP contribution in [0, 0.1) is 12.7 Å². The normalized spacial score (nSPS) is 12.4. The van der Waals surface area contributed by atoms with Gasteiger partial charge in [0.05, 0.1) is 11.7 Å². The van der Waals surface area contributed by atoms with Crippen molar-refractivity contribution >= 4 is 11.6 Å². The molecule has 1 unspecified atom stereocenters. The molecule has 0 saturated carbocycles. The fourth-order valence-electron chi connectivity index (χ4n) is 2.02. The van der Waals surface area contributed by atoms with Crippen LogP contribution in [0.2, 0.25) is 5.02 Å². The molecule has 1 aromatic carbocycles. The van der Waals surface area contributed by atoms with Gasteiger partial charge in [-0.15, -0.1) is 0 Å². The van der Waals surface area contributed by atoms with Gasteiger partial charge in [-0.1, -0.05) is 17.7 Å².